The minimum absolute atomic E-state index is 0.121. The fraction of sp³-hybridized carbons (Fsp3) is 0.350. The number of piperazine rings is 1. The summed E-state index contributed by atoms with van der Waals surface area (Å²) in [6.07, 6.45) is 0. The maximum Gasteiger partial charge on any atom is 0.236 e. The topological polar surface area (TPSA) is 44.8 Å². The quantitative estimate of drug-likeness (QED) is 0.845. The van der Waals surface area contributed by atoms with Crippen molar-refractivity contribution < 1.29 is 9.53 Å². The summed E-state index contributed by atoms with van der Waals surface area (Å²) in [5.41, 5.74) is 0.851. The smallest absolute Gasteiger partial charge is 0.236 e. The van der Waals surface area contributed by atoms with Crippen LogP contribution in [0.4, 0.5) is 0 Å². The Bertz CT molecular complexity index is 731. The largest absolute Gasteiger partial charge is 0.457 e. The van der Waals surface area contributed by atoms with E-state index in [-0.39, 0.29) is 5.91 Å². The summed E-state index contributed by atoms with van der Waals surface area (Å²) in [6, 6.07) is 15.2. The average Bonchev–Trinajstić information content (AvgIpc) is 2.65. The van der Waals surface area contributed by atoms with Crippen LogP contribution in [0.15, 0.2) is 48.5 Å². The number of nitrogens with one attached hydrogen (secondary N) is 1. The third kappa shape index (κ3) is 4.97. The number of benzene rings is 2. The molecule has 138 valence electrons. The van der Waals surface area contributed by atoms with Crippen LogP contribution >= 0.6 is 11.6 Å². The summed E-state index contributed by atoms with van der Waals surface area (Å²) < 4.78 is 5.95. The molecular formula is C20H24ClN3O2. The summed E-state index contributed by atoms with van der Waals surface area (Å²) in [4.78, 5) is 16.5. The fourth-order valence-electron chi connectivity index (χ4n) is 2.88. The van der Waals surface area contributed by atoms with Gasteiger partial charge in [0, 0.05) is 43.3 Å². The van der Waals surface area contributed by atoms with E-state index in [0.717, 1.165) is 37.5 Å². The molecule has 0 saturated carbocycles. The molecule has 2 aromatic rings. The van der Waals surface area contributed by atoms with Gasteiger partial charge in [-0.2, -0.15) is 0 Å². The lowest BCUT2D eigenvalue weighted by Gasteiger charge is -2.32. The van der Waals surface area contributed by atoms with Gasteiger partial charge in [0.1, 0.15) is 11.5 Å². The minimum atomic E-state index is 0.121. The van der Waals surface area contributed by atoms with Crippen molar-refractivity contribution in [1.29, 1.82) is 0 Å². The second-order valence-corrected chi connectivity index (χ2v) is 6.83. The Labute approximate surface area is 159 Å². The Balaban J connectivity index is 1.58. The molecule has 0 aromatic heterocycles. The van der Waals surface area contributed by atoms with Crippen molar-refractivity contribution in [2.75, 3.05) is 39.8 Å². The zero-order valence-electron chi connectivity index (χ0n) is 15.0. The van der Waals surface area contributed by atoms with Crippen LogP contribution in [0, 0.1) is 0 Å². The molecule has 0 atom stereocenters. The maximum atomic E-state index is 12.3. The molecule has 1 N–H and O–H groups in total. The van der Waals surface area contributed by atoms with Crippen LogP contribution < -0.4 is 10.1 Å². The van der Waals surface area contributed by atoms with Crippen LogP contribution in [-0.2, 0) is 11.3 Å². The molecule has 6 heteroatoms. The highest BCUT2D eigenvalue weighted by Gasteiger charge is 2.18. The SMILES string of the molecule is CN1CCN(C(=O)CNCc2c(Cl)cccc2Oc2ccccc2)CC1. The lowest BCUT2D eigenvalue weighted by Crippen LogP contribution is -2.49. The number of likely N-dealkylation sites (N-methyl/N-ethyl adjacent to an activating group) is 1. The van der Waals surface area contributed by atoms with Crippen molar-refractivity contribution in [3.8, 4) is 11.5 Å². The van der Waals surface area contributed by atoms with E-state index in [1.165, 1.54) is 0 Å². The van der Waals surface area contributed by atoms with Crippen molar-refractivity contribution in [3.05, 3.63) is 59.1 Å². The van der Waals surface area contributed by atoms with Gasteiger partial charge >= 0.3 is 0 Å². The molecule has 1 aliphatic rings. The first kappa shape index (κ1) is 18.7. The molecule has 0 radical (unpaired) electrons. The molecule has 2 aromatic carbocycles. The van der Waals surface area contributed by atoms with Gasteiger partial charge in [0.05, 0.1) is 6.54 Å². The van der Waals surface area contributed by atoms with E-state index in [1.807, 2.05) is 53.4 Å². The Morgan fingerprint density at radius 2 is 1.81 bits per heavy atom. The first-order valence-electron chi connectivity index (χ1n) is 8.81. The molecule has 26 heavy (non-hydrogen) atoms. The number of carbonyl (C=O) groups excluding carboxylic acids is 1. The summed E-state index contributed by atoms with van der Waals surface area (Å²) in [5.74, 6) is 1.57. The van der Waals surface area contributed by atoms with E-state index in [2.05, 4.69) is 17.3 Å². The lowest BCUT2D eigenvalue weighted by atomic mass is 10.2. The second kappa shape index (κ2) is 9.03. The van der Waals surface area contributed by atoms with Crippen LogP contribution in [0.2, 0.25) is 5.02 Å². The molecule has 1 saturated heterocycles. The van der Waals surface area contributed by atoms with Crippen molar-refractivity contribution >= 4 is 17.5 Å². The van der Waals surface area contributed by atoms with Gasteiger partial charge in [-0.05, 0) is 31.3 Å². The van der Waals surface area contributed by atoms with Crippen LogP contribution in [0.25, 0.3) is 0 Å². The van der Waals surface area contributed by atoms with Crippen LogP contribution in [0.1, 0.15) is 5.56 Å². The Kier molecular flexibility index (Phi) is 6.50. The number of rotatable bonds is 6. The highest BCUT2D eigenvalue weighted by atomic mass is 35.5. The Hall–Kier alpha value is -2.08. The Morgan fingerprint density at radius 1 is 1.08 bits per heavy atom. The highest BCUT2D eigenvalue weighted by Crippen LogP contribution is 2.30. The number of para-hydroxylation sites is 1. The Morgan fingerprint density at radius 3 is 2.54 bits per heavy atom. The van der Waals surface area contributed by atoms with Crippen molar-refractivity contribution in [3.63, 3.8) is 0 Å². The zero-order valence-corrected chi connectivity index (χ0v) is 15.7. The number of hydrogen-bond acceptors (Lipinski definition) is 4. The van der Waals surface area contributed by atoms with E-state index in [4.69, 9.17) is 16.3 Å². The molecule has 3 rings (SSSR count). The van der Waals surface area contributed by atoms with E-state index in [1.54, 1.807) is 0 Å². The van der Waals surface area contributed by atoms with Gasteiger partial charge in [0.25, 0.3) is 0 Å². The predicted molar refractivity (Wildman–Crippen MR) is 104 cm³/mol. The van der Waals surface area contributed by atoms with Crippen molar-refractivity contribution in [1.82, 2.24) is 15.1 Å². The molecule has 1 fully saturated rings. The standard InChI is InChI=1S/C20H24ClN3O2/c1-23-10-12-24(13-11-23)20(25)15-22-14-17-18(21)8-5-9-19(17)26-16-6-3-2-4-7-16/h2-9,22H,10-15H2,1H3. The summed E-state index contributed by atoms with van der Waals surface area (Å²) in [5, 5.41) is 3.83. The molecule has 1 heterocycles. The van der Waals surface area contributed by atoms with E-state index >= 15 is 0 Å². The van der Waals surface area contributed by atoms with Crippen LogP contribution in [0.5, 0.6) is 11.5 Å². The molecule has 0 unspecified atom stereocenters. The third-order valence-corrected chi connectivity index (χ3v) is 4.83. The normalized spacial score (nSPS) is 15.1. The van der Waals surface area contributed by atoms with E-state index < -0.39 is 0 Å². The van der Waals surface area contributed by atoms with Gasteiger partial charge in [0.15, 0.2) is 0 Å². The molecule has 0 spiro atoms. The summed E-state index contributed by atoms with van der Waals surface area (Å²) >= 11 is 6.35. The fourth-order valence-corrected chi connectivity index (χ4v) is 3.12. The van der Waals surface area contributed by atoms with E-state index in [0.29, 0.717) is 23.9 Å². The molecule has 5 nitrogen and oxygen atoms in total. The summed E-state index contributed by atoms with van der Waals surface area (Å²) in [7, 11) is 2.08. The van der Waals surface area contributed by atoms with Crippen molar-refractivity contribution in [2.45, 2.75) is 6.54 Å². The zero-order chi connectivity index (χ0) is 18.4. The molecule has 1 amide bonds. The number of amides is 1. The highest BCUT2D eigenvalue weighted by molar-refractivity contribution is 6.31. The number of carbonyl (C=O) groups is 1. The van der Waals surface area contributed by atoms with Crippen LogP contribution in [0.3, 0.4) is 0 Å². The monoisotopic (exact) mass is 373 g/mol. The van der Waals surface area contributed by atoms with Gasteiger partial charge in [-0.15, -0.1) is 0 Å². The third-order valence-electron chi connectivity index (χ3n) is 4.48. The molecule has 0 bridgehead atoms. The first-order valence-corrected chi connectivity index (χ1v) is 9.18. The average molecular weight is 374 g/mol. The van der Waals surface area contributed by atoms with E-state index in [9.17, 15) is 4.79 Å². The number of hydrogen-bond donors (Lipinski definition) is 1. The maximum absolute atomic E-state index is 12.3. The minimum Gasteiger partial charge on any atom is -0.457 e. The number of halogens is 1. The molecular weight excluding hydrogens is 350 g/mol. The first-order chi connectivity index (χ1) is 12.6. The second-order valence-electron chi connectivity index (χ2n) is 6.42. The van der Waals surface area contributed by atoms with Gasteiger partial charge in [-0.3, -0.25) is 4.79 Å². The van der Waals surface area contributed by atoms with Crippen LogP contribution in [-0.4, -0.2) is 55.5 Å². The van der Waals surface area contributed by atoms with Gasteiger partial charge in [-0.25, -0.2) is 0 Å². The number of ether oxygens (including phenoxy) is 1. The molecule has 0 aliphatic carbocycles. The predicted octanol–water partition coefficient (Wildman–Crippen LogP) is 3.00. The lowest BCUT2D eigenvalue weighted by molar-refractivity contribution is -0.131. The van der Waals surface area contributed by atoms with Crippen molar-refractivity contribution in [2.24, 2.45) is 0 Å². The molecule has 1 aliphatic heterocycles. The van der Waals surface area contributed by atoms with Gasteiger partial charge in [-0.1, -0.05) is 35.9 Å². The number of nitrogens with zero attached hydrogens (tertiary/aromatic N) is 2. The van der Waals surface area contributed by atoms with Gasteiger partial charge in [0.2, 0.25) is 5.91 Å². The summed E-state index contributed by atoms with van der Waals surface area (Å²) in [6.45, 7) is 4.18. The van der Waals surface area contributed by atoms with Gasteiger partial charge < -0.3 is 19.9 Å².